The average molecular weight is 309 g/mol. The molecule has 2 aromatic rings. The van der Waals surface area contributed by atoms with E-state index in [1.807, 2.05) is 42.5 Å². The highest BCUT2D eigenvalue weighted by Gasteiger charge is 2.50. The zero-order valence-electron chi connectivity index (χ0n) is 13.0. The molecule has 1 aliphatic rings. The molecule has 1 aliphatic heterocycles. The summed E-state index contributed by atoms with van der Waals surface area (Å²) in [6.45, 7) is 2.11. The summed E-state index contributed by atoms with van der Waals surface area (Å²) in [6, 6.07) is 16.8. The molecule has 1 heterocycles. The van der Waals surface area contributed by atoms with E-state index in [-0.39, 0.29) is 12.2 Å². The first-order chi connectivity index (χ1) is 11.1. The second-order valence-corrected chi connectivity index (χ2v) is 5.82. The number of anilines is 1. The van der Waals surface area contributed by atoms with Crippen molar-refractivity contribution in [1.82, 2.24) is 0 Å². The number of hydrogen-bond donors (Lipinski definition) is 1. The highest BCUT2D eigenvalue weighted by Crippen LogP contribution is 2.43. The van der Waals surface area contributed by atoms with E-state index in [9.17, 15) is 14.7 Å². The molecular formula is C19H19NO3. The minimum absolute atomic E-state index is 0.128. The van der Waals surface area contributed by atoms with E-state index in [0.717, 1.165) is 5.56 Å². The van der Waals surface area contributed by atoms with Gasteiger partial charge in [0, 0.05) is 18.4 Å². The average Bonchev–Trinajstić information content (AvgIpc) is 2.78. The van der Waals surface area contributed by atoms with Crippen LogP contribution in [0.1, 0.15) is 30.9 Å². The summed E-state index contributed by atoms with van der Waals surface area (Å²) in [5.41, 5.74) is 0.413. The van der Waals surface area contributed by atoms with Gasteiger partial charge in [-0.2, -0.15) is 0 Å². The summed E-state index contributed by atoms with van der Waals surface area (Å²) in [4.78, 5) is 26.3. The van der Waals surface area contributed by atoms with E-state index < -0.39 is 11.5 Å². The lowest BCUT2D eigenvalue weighted by Crippen LogP contribution is -2.41. The SMILES string of the molecule is CCC(=O)C[C@@]1(O)C(=O)N(Cc2ccccc2)c2ccccc21. The third-order valence-electron chi connectivity index (χ3n) is 4.27. The van der Waals surface area contributed by atoms with Crippen LogP contribution in [0.5, 0.6) is 0 Å². The molecule has 1 N–H and O–H groups in total. The van der Waals surface area contributed by atoms with E-state index in [1.165, 1.54) is 0 Å². The van der Waals surface area contributed by atoms with Crippen LogP contribution in [0.25, 0.3) is 0 Å². The fraction of sp³-hybridized carbons (Fsp3) is 0.263. The molecule has 0 aliphatic carbocycles. The lowest BCUT2D eigenvalue weighted by molar-refractivity contribution is -0.141. The second kappa shape index (κ2) is 5.97. The monoisotopic (exact) mass is 309 g/mol. The molecule has 0 aromatic heterocycles. The summed E-state index contributed by atoms with van der Waals surface area (Å²) >= 11 is 0. The normalized spacial score (nSPS) is 19.7. The number of carbonyl (C=O) groups excluding carboxylic acids is 2. The van der Waals surface area contributed by atoms with E-state index in [1.54, 1.807) is 24.0 Å². The van der Waals surface area contributed by atoms with Crippen LogP contribution in [-0.2, 0) is 21.7 Å². The molecule has 118 valence electrons. The third kappa shape index (κ3) is 2.66. The van der Waals surface area contributed by atoms with Gasteiger partial charge < -0.3 is 10.0 Å². The van der Waals surface area contributed by atoms with Gasteiger partial charge in [0.15, 0.2) is 5.60 Å². The number of fused-ring (bicyclic) bond motifs is 1. The van der Waals surface area contributed by atoms with Crippen molar-refractivity contribution in [2.24, 2.45) is 0 Å². The van der Waals surface area contributed by atoms with Gasteiger partial charge in [-0.1, -0.05) is 55.5 Å². The quantitative estimate of drug-likeness (QED) is 0.924. The second-order valence-electron chi connectivity index (χ2n) is 5.82. The van der Waals surface area contributed by atoms with Crippen molar-refractivity contribution < 1.29 is 14.7 Å². The van der Waals surface area contributed by atoms with Gasteiger partial charge in [0.05, 0.1) is 12.2 Å². The zero-order chi connectivity index (χ0) is 16.4. The van der Waals surface area contributed by atoms with Gasteiger partial charge in [0.25, 0.3) is 5.91 Å². The Morgan fingerprint density at radius 3 is 2.43 bits per heavy atom. The van der Waals surface area contributed by atoms with Crippen LogP contribution in [0, 0.1) is 0 Å². The van der Waals surface area contributed by atoms with Gasteiger partial charge in [0.2, 0.25) is 0 Å². The van der Waals surface area contributed by atoms with Crippen molar-refractivity contribution in [2.75, 3.05) is 4.90 Å². The van der Waals surface area contributed by atoms with E-state index >= 15 is 0 Å². The summed E-state index contributed by atoms with van der Waals surface area (Å²) < 4.78 is 0. The Kier molecular flexibility index (Phi) is 4.01. The largest absolute Gasteiger partial charge is 0.375 e. The van der Waals surface area contributed by atoms with Crippen LogP contribution >= 0.6 is 0 Å². The first-order valence-corrected chi connectivity index (χ1v) is 7.75. The molecule has 0 fully saturated rings. The maximum Gasteiger partial charge on any atom is 0.264 e. The molecule has 1 amide bonds. The maximum absolute atomic E-state index is 12.9. The number of amides is 1. The maximum atomic E-state index is 12.9. The van der Waals surface area contributed by atoms with Crippen molar-refractivity contribution in [1.29, 1.82) is 0 Å². The van der Waals surface area contributed by atoms with Crippen LogP contribution < -0.4 is 4.90 Å². The summed E-state index contributed by atoms with van der Waals surface area (Å²) in [5.74, 6) is -0.554. The van der Waals surface area contributed by atoms with Gasteiger partial charge in [-0.05, 0) is 11.6 Å². The minimum Gasteiger partial charge on any atom is -0.375 e. The molecular weight excluding hydrogens is 290 g/mol. The standard InChI is InChI=1S/C19H19NO3/c1-2-15(21)12-19(23)16-10-6-7-11-17(16)20(18(19)22)13-14-8-4-3-5-9-14/h3-11,23H,2,12-13H2,1H3/t19-/m0/s1. The van der Waals surface area contributed by atoms with Crippen molar-refractivity contribution in [3.05, 3.63) is 65.7 Å². The van der Waals surface area contributed by atoms with Crippen LogP contribution in [0.3, 0.4) is 0 Å². The topological polar surface area (TPSA) is 57.6 Å². The summed E-state index contributed by atoms with van der Waals surface area (Å²) in [5, 5.41) is 10.9. The predicted octanol–water partition coefficient (Wildman–Crippen LogP) is 2.79. The van der Waals surface area contributed by atoms with Crippen LogP contribution in [-0.4, -0.2) is 16.8 Å². The fourth-order valence-electron chi connectivity index (χ4n) is 3.01. The number of carbonyl (C=O) groups is 2. The highest BCUT2D eigenvalue weighted by atomic mass is 16.3. The van der Waals surface area contributed by atoms with Gasteiger partial charge in [-0.25, -0.2) is 0 Å². The number of aliphatic hydroxyl groups is 1. The number of para-hydroxylation sites is 1. The lowest BCUT2D eigenvalue weighted by Gasteiger charge is -2.22. The molecule has 0 radical (unpaired) electrons. The Labute approximate surface area is 135 Å². The Morgan fingerprint density at radius 2 is 1.74 bits per heavy atom. The van der Waals surface area contributed by atoms with Crippen LogP contribution in [0.4, 0.5) is 5.69 Å². The number of hydrogen-bond acceptors (Lipinski definition) is 3. The Balaban J connectivity index is 2.00. The van der Waals surface area contributed by atoms with Gasteiger partial charge in [0.1, 0.15) is 5.78 Å². The van der Waals surface area contributed by atoms with Gasteiger partial charge in [-0.15, -0.1) is 0 Å². The lowest BCUT2D eigenvalue weighted by atomic mass is 9.89. The Morgan fingerprint density at radius 1 is 1.09 bits per heavy atom. The van der Waals surface area contributed by atoms with Crippen molar-refractivity contribution in [3.8, 4) is 0 Å². The van der Waals surface area contributed by atoms with Gasteiger partial charge in [-0.3, -0.25) is 9.59 Å². The first kappa shape index (κ1) is 15.4. The molecule has 4 heteroatoms. The Hall–Kier alpha value is -2.46. The molecule has 3 rings (SSSR count). The van der Waals surface area contributed by atoms with E-state index in [4.69, 9.17) is 0 Å². The third-order valence-corrected chi connectivity index (χ3v) is 4.27. The minimum atomic E-state index is -1.75. The molecule has 0 saturated carbocycles. The number of benzene rings is 2. The summed E-state index contributed by atoms with van der Waals surface area (Å²) in [7, 11) is 0. The number of nitrogens with zero attached hydrogens (tertiary/aromatic N) is 1. The molecule has 4 nitrogen and oxygen atoms in total. The van der Waals surface area contributed by atoms with E-state index in [0.29, 0.717) is 24.2 Å². The molecule has 0 unspecified atom stereocenters. The van der Waals surface area contributed by atoms with Gasteiger partial charge >= 0.3 is 0 Å². The molecule has 0 saturated heterocycles. The molecule has 23 heavy (non-hydrogen) atoms. The Bertz CT molecular complexity index is 741. The smallest absolute Gasteiger partial charge is 0.264 e. The molecule has 2 aromatic carbocycles. The molecule has 0 spiro atoms. The molecule has 0 bridgehead atoms. The fourth-order valence-corrected chi connectivity index (χ4v) is 3.01. The van der Waals surface area contributed by atoms with Crippen LogP contribution in [0.2, 0.25) is 0 Å². The molecule has 1 atom stereocenters. The van der Waals surface area contributed by atoms with Crippen molar-refractivity contribution >= 4 is 17.4 Å². The van der Waals surface area contributed by atoms with Crippen molar-refractivity contribution in [2.45, 2.75) is 31.9 Å². The van der Waals surface area contributed by atoms with E-state index in [2.05, 4.69) is 0 Å². The number of rotatable bonds is 5. The highest BCUT2D eigenvalue weighted by molar-refractivity contribution is 6.08. The number of Topliss-reactive ketones (excluding diaryl/α,β-unsaturated/α-hetero) is 1. The zero-order valence-corrected chi connectivity index (χ0v) is 13.0. The summed E-state index contributed by atoms with van der Waals surface area (Å²) in [6.07, 6.45) is 0.126. The predicted molar refractivity (Wildman–Crippen MR) is 87.9 cm³/mol. The van der Waals surface area contributed by atoms with Crippen LogP contribution in [0.15, 0.2) is 54.6 Å². The van der Waals surface area contributed by atoms with Crippen molar-refractivity contribution in [3.63, 3.8) is 0 Å². The first-order valence-electron chi connectivity index (χ1n) is 7.75. The number of ketones is 1.